The van der Waals surface area contributed by atoms with E-state index < -0.39 is 0 Å². The van der Waals surface area contributed by atoms with Crippen LogP contribution in [0, 0.1) is 0 Å². The van der Waals surface area contributed by atoms with E-state index >= 15 is 0 Å². The lowest BCUT2D eigenvalue weighted by atomic mass is 10.1. The number of para-hydroxylation sites is 1. The first kappa shape index (κ1) is 12.4. The van der Waals surface area contributed by atoms with Crippen LogP contribution >= 0.6 is 0 Å². The molecule has 100 valence electrons. The van der Waals surface area contributed by atoms with Gasteiger partial charge in [-0.15, -0.1) is 0 Å². The first-order valence-corrected chi connectivity index (χ1v) is 6.64. The number of piperidine rings is 1. The molecule has 0 aliphatic carbocycles. The minimum absolute atomic E-state index is 0.0295. The molecule has 0 bridgehead atoms. The highest BCUT2D eigenvalue weighted by Gasteiger charge is 2.19. The van der Waals surface area contributed by atoms with E-state index in [0.29, 0.717) is 29.6 Å². The summed E-state index contributed by atoms with van der Waals surface area (Å²) in [7, 11) is 0. The molecule has 19 heavy (non-hydrogen) atoms. The molecule has 0 saturated carbocycles. The minimum Gasteiger partial charge on any atom is -0.464 e. The Morgan fingerprint density at radius 1 is 1.37 bits per heavy atom. The number of β-amino-alcohol motifs (C(OH)–C–C–N with tert-alkyl or cyclic N) is 1. The van der Waals surface area contributed by atoms with Crippen LogP contribution < -0.4 is 5.43 Å². The van der Waals surface area contributed by atoms with Crippen molar-refractivity contribution in [2.75, 3.05) is 13.1 Å². The quantitative estimate of drug-likeness (QED) is 0.892. The van der Waals surface area contributed by atoms with Gasteiger partial charge in [-0.3, -0.25) is 9.69 Å². The summed E-state index contributed by atoms with van der Waals surface area (Å²) < 4.78 is 5.50. The second-order valence-corrected chi connectivity index (χ2v) is 5.12. The molecule has 1 aromatic heterocycles. The lowest BCUT2D eigenvalue weighted by molar-refractivity contribution is 0.0664. The van der Waals surface area contributed by atoms with Crippen molar-refractivity contribution < 1.29 is 9.52 Å². The SMILES string of the molecule is O=c1c(CN2CCC[C@H](O)C2)coc2ccccc12. The van der Waals surface area contributed by atoms with Gasteiger partial charge in [0.2, 0.25) is 0 Å². The summed E-state index contributed by atoms with van der Waals surface area (Å²) in [6, 6.07) is 7.28. The number of aliphatic hydroxyl groups is 1. The molecule has 4 nitrogen and oxygen atoms in total. The molecule has 4 heteroatoms. The number of benzene rings is 1. The Kier molecular flexibility index (Phi) is 3.36. The lowest BCUT2D eigenvalue weighted by Gasteiger charge is -2.29. The largest absolute Gasteiger partial charge is 0.464 e. The molecule has 1 aliphatic heterocycles. The molecule has 0 amide bonds. The van der Waals surface area contributed by atoms with Gasteiger partial charge in [-0.25, -0.2) is 0 Å². The number of aliphatic hydroxyl groups excluding tert-OH is 1. The van der Waals surface area contributed by atoms with E-state index in [1.807, 2.05) is 12.1 Å². The smallest absolute Gasteiger partial charge is 0.197 e. The average Bonchev–Trinajstić information content (AvgIpc) is 2.42. The van der Waals surface area contributed by atoms with Gasteiger partial charge in [0.15, 0.2) is 5.43 Å². The number of rotatable bonds is 2. The number of fused-ring (bicyclic) bond motifs is 1. The summed E-state index contributed by atoms with van der Waals surface area (Å²) in [5.41, 5.74) is 1.31. The van der Waals surface area contributed by atoms with Gasteiger partial charge in [0.05, 0.1) is 17.8 Å². The number of hydrogen-bond donors (Lipinski definition) is 1. The second-order valence-electron chi connectivity index (χ2n) is 5.12. The Bertz CT molecular complexity index is 635. The molecule has 1 aromatic carbocycles. The summed E-state index contributed by atoms with van der Waals surface area (Å²) in [5.74, 6) is 0. The van der Waals surface area contributed by atoms with Crippen molar-refractivity contribution in [1.82, 2.24) is 4.90 Å². The maximum absolute atomic E-state index is 12.3. The third-order valence-electron chi connectivity index (χ3n) is 3.63. The molecule has 0 spiro atoms. The molecule has 2 heterocycles. The number of hydrogen-bond acceptors (Lipinski definition) is 4. The maximum Gasteiger partial charge on any atom is 0.197 e. The molecule has 2 aromatic rings. The van der Waals surface area contributed by atoms with Gasteiger partial charge in [0, 0.05) is 18.7 Å². The van der Waals surface area contributed by atoms with Crippen molar-refractivity contribution >= 4 is 11.0 Å². The Morgan fingerprint density at radius 3 is 3.05 bits per heavy atom. The van der Waals surface area contributed by atoms with Crippen LogP contribution in [-0.2, 0) is 6.54 Å². The van der Waals surface area contributed by atoms with Gasteiger partial charge in [-0.2, -0.15) is 0 Å². The van der Waals surface area contributed by atoms with Gasteiger partial charge >= 0.3 is 0 Å². The molecular weight excluding hydrogens is 242 g/mol. The standard InChI is InChI=1S/C15H17NO3/c17-12-4-3-7-16(9-12)8-11-10-19-14-6-2-1-5-13(14)15(11)18/h1-2,5-6,10,12,17H,3-4,7-9H2/t12-/m0/s1. The lowest BCUT2D eigenvalue weighted by Crippen LogP contribution is -2.38. The topological polar surface area (TPSA) is 53.7 Å². The highest BCUT2D eigenvalue weighted by atomic mass is 16.3. The van der Waals surface area contributed by atoms with Gasteiger partial charge in [-0.1, -0.05) is 12.1 Å². The first-order chi connectivity index (χ1) is 9.24. The third kappa shape index (κ3) is 2.55. The van der Waals surface area contributed by atoms with Crippen LogP contribution in [0.2, 0.25) is 0 Å². The summed E-state index contributed by atoms with van der Waals surface area (Å²) in [5, 5.41) is 10.3. The van der Waals surface area contributed by atoms with Crippen molar-refractivity contribution in [3.8, 4) is 0 Å². The van der Waals surface area contributed by atoms with E-state index in [9.17, 15) is 9.90 Å². The molecular formula is C15H17NO3. The Morgan fingerprint density at radius 2 is 2.21 bits per heavy atom. The van der Waals surface area contributed by atoms with Crippen molar-refractivity contribution in [2.24, 2.45) is 0 Å². The fraction of sp³-hybridized carbons (Fsp3) is 0.400. The van der Waals surface area contributed by atoms with Crippen molar-refractivity contribution in [3.05, 3.63) is 46.3 Å². The zero-order valence-electron chi connectivity index (χ0n) is 10.7. The Balaban J connectivity index is 1.89. The molecule has 1 N–H and O–H groups in total. The van der Waals surface area contributed by atoms with Crippen molar-refractivity contribution in [1.29, 1.82) is 0 Å². The third-order valence-corrected chi connectivity index (χ3v) is 3.63. The van der Waals surface area contributed by atoms with Gasteiger partial charge < -0.3 is 9.52 Å². The summed E-state index contributed by atoms with van der Waals surface area (Å²) in [6.45, 7) is 2.10. The molecule has 1 atom stereocenters. The highest BCUT2D eigenvalue weighted by Crippen LogP contribution is 2.15. The predicted molar refractivity (Wildman–Crippen MR) is 73.0 cm³/mol. The zero-order chi connectivity index (χ0) is 13.2. The van der Waals surface area contributed by atoms with E-state index in [4.69, 9.17) is 4.42 Å². The Labute approximate surface area is 111 Å². The van der Waals surface area contributed by atoms with E-state index in [1.165, 1.54) is 0 Å². The molecule has 1 fully saturated rings. The van der Waals surface area contributed by atoms with Crippen LogP contribution in [0.3, 0.4) is 0 Å². The fourth-order valence-corrected chi connectivity index (χ4v) is 2.64. The second kappa shape index (κ2) is 5.15. The van der Waals surface area contributed by atoms with Crippen LogP contribution in [0.4, 0.5) is 0 Å². The highest BCUT2D eigenvalue weighted by molar-refractivity contribution is 5.76. The van der Waals surface area contributed by atoms with Crippen LogP contribution in [0.15, 0.2) is 39.7 Å². The van der Waals surface area contributed by atoms with Crippen LogP contribution in [0.5, 0.6) is 0 Å². The van der Waals surface area contributed by atoms with E-state index in [1.54, 1.807) is 18.4 Å². The van der Waals surface area contributed by atoms with Gasteiger partial charge in [0.25, 0.3) is 0 Å². The van der Waals surface area contributed by atoms with E-state index in [0.717, 1.165) is 19.4 Å². The molecule has 1 saturated heterocycles. The normalized spacial score (nSPS) is 20.8. The average molecular weight is 259 g/mol. The first-order valence-electron chi connectivity index (χ1n) is 6.64. The summed E-state index contributed by atoms with van der Waals surface area (Å²) >= 11 is 0. The zero-order valence-corrected chi connectivity index (χ0v) is 10.7. The van der Waals surface area contributed by atoms with Gasteiger partial charge in [0.1, 0.15) is 5.58 Å². The summed E-state index contributed by atoms with van der Waals surface area (Å²) in [4.78, 5) is 14.4. The number of likely N-dealkylation sites (tertiary alicyclic amines) is 1. The van der Waals surface area contributed by atoms with Crippen LogP contribution in [0.1, 0.15) is 18.4 Å². The molecule has 1 aliphatic rings. The number of nitrogens with zero attached hydrogens (tertiary/aromatic N) is 1. The monoisotopic (exact) mass is 259 g/mol. The van der Waals surface area contributed by atoms with Crippen LogP contribution in [0.25, 0.3) is 11.0 Å². The molecule has 3 rings (SSSR count). The minimum atomic E-state index is -0.277. The molecule has 0 radical (unpaired) electrons. The fourth-order valence-electron chi connectivity index (χ4n) is 2.64. The molecule has 0 unspecified atom stereocenters. The van der Waals surface area contributed by atoms with E-state index in [2.05, 4.69) is 4.90 Å². The van der Waals surface area contributed by atoms with Gasteiger partial charge in [-0.05, 0) is 31.5 Å². The van der Waals surface area contributed by atoms with Crippen LogP contribution in [-0.4, -0.2) is 29.2 Å². The van der Waals surface area contributed by atoms with Crippen molar-refractivity contribution in [3.63, 3.8) is 0 Å². The predicted octanol–water partition coefficient (Wildman–Crippen LogP) is 1.75. The van der Waals surface area contributed by atoms with Crippen molar-refractivity contribution in [2.45, 2.75) is 25.5 Å². The van der Waals surface area contributed by atoms with E-state index in [-0.39, 0.29) is 11.5 Å². The summed E-state index contributed by atoms with van der Waals surface area (Å²) in [6.07, 6.45) is 3.09. The Hall–Kier alpha value is -1.65. The maximum atomic E-state index is 12.3.